The molecule has 0 aromatic heterocycles. The molecule has 0 aliphatic heterocycles. The van der Waals surface area contributed by atoms with Crippen LogP contribution in [0.15, 0.2) is 0 Å². The van der Waals surface area contributed by atoms with E-state index in [4.69, 9.17) is 0 Å². The van der Waals surface area contributed by atoms with Gasteiger partial charge < -0.3 is 0 Å². The molecule has 0 aromatic carbocycles. The predicted molar refractivity (Wildman–Crippen MR) is 29.2 cm³/mol. The molecule has 0 spiro atoms. The van der Waals surface area contributed by atoms with E-state index in [-0.39, 0.29) is 29.6 Å². The van der Waals surface area contributed by atoms with Crippen LogP contribution in [-0.4, -0.2) is 49.7 Å². The predicted octanol–water partition coefficient (Wildman–Crippen LogP) is 0.427. The Labute approximate surface area is 86.2 Å². The first-order chi connectivity index (χ1) is 4.72. The molecule has 0 N–H and O–H groups in total. The van der Waals surface area contributed by atoms with Gasteiger partial charge in [0.05, 0.1) is 0 Å². The van der Waals surface area contributed by atoms with E-state index in [0.29, 0.717) is 0 Å². The van der Waals surface area contributed by atoms with Crippen LogP contribution in [0.5, 0.6) is 0 Å². The van der Waals surface area contributed by atoms with Gasteiger partial charge in [-0.2, -0.15) is 21.6 Å². The second-order valence-electron chi connectivity index (χ2n) is 1.41. The summed E-state index contributed by atoms with van der Waals surface area (Å²) in [7, 11) is -5.81. The average molecular weight is 224 g/mol. The Balaban J connectivity index is 0. The Morgan fingerprint density at radius 3 is 1.67 bits per heavy atom. The van der Waals surface area contributed by atoms with Crippen molar-refractivity contribution in [3.8, 4) is 0 Å². The summed E-state index contributed by atoms with van der Waals surface area (Å²) in [6.45, 7) is 0. The van der Waals surface area contributed by atoms with E-state index in [1.807, 2.05) is 0 Å². The van der Waals surface area contributed by atoms with Crippen molar-refractivity contribution in [1.29, 1.82) is 0 Å². The number of alkyl halides is 4. The summed E-state index contributed by atoms with van der Waals surface area (Å²) < 4.78 is 76.8. The molecule has 3 nitrogen and oxygen atoms in total. The number of rotatable bonds is 2. The summed E-state index contributed by atoms with van der Waals surface area (Å²) in [5, 5.41) is 0. The van der Waals surface area contributed by atoms with Crippen LogP contribution in [0.4, 0.5) is 22.1 Å². The molecule has 1 atom stereocenters. The van der Waals surface area contributed by atoms with Gasteiger partial charge in [-0.15, -0.1) is 0 Å². The molecule has 1 unspecified atom stereocenters. The van der Waals surface area contributed by atoms with Crippen LogP contribution in [0.25, 0.3) is 0 Å². The van der Waals surface area contributed by atoms with Crippen molar-refractivity contribution < 1.29 is 34.9 Å². The average Bonchev–Trinajstić information content (AvgIpc) is 1.84. The molecule has 0 rings (SSSR count). The molecule has 0 radical (unpaired) electrons. The summed E-state index contributed by atoms with van der Waals surface area (Å²) in [4.78, 5) is 0. The Morgan fingerprint density at radius 1 is 1.25 bits per heavy atom. The van der Waals surface area contributed by atoms with Crippen LogP contribution in [-0.2, 0) is 14.5 Å². The molecular formula is C2H2F5NaO3S. The van der Waals surface area contributed by atoms with E-state index in [9.17, 15) is 30.5 Å². The van der Waals surface area contributed by atoms with Crippen molar-refractivity contribution in [2.45, 2.75) is 11.7 Å². The van der Waals surface area contributed by atoms with E-state index in [1.165, 1.54) is 0 Å². The third-order valence-electron chi connectivity index (χ3n) is 0.599. The molecule has 0 bridgehead atoms. The van der Waals surface area contributed by atoms with Gasteiger partial charge in [0.15, 0.2) is 0 Å². The zero-order valence-corrected chi connectivity index (χ0v) is 5.42. The zero-order chi connectivity index (χ0) is 9.28. The minimum atomic E-state index is -5.81. The van der Waals surface area contributed by atoms with Crippen LogP contribution in [0.1, 0.15) is 0 Å². The molecule has 0 aromatic rings. The first-order valence-electron chi connectivity index (χ1n) is 1.96. The summed E-state index contributed by atoms with van der Waals surface area (Å²) >= 11 is 0. The molecule has 0 saturated heterocycles. The van der Waals surface area contributed by atoms with Crippen molar-refractivity contribution in [2.75, 3.05) is 0 Å². The second kappa shape index (κ2) is 4.70. The zero-order valence-electron chi connectivity index (χ0n) is 4.60. The minimum absolute atomic E-state index is 0. The molecule has 12 heavy (non-hydrogen) atoms. The van der Waals surface area contributed by atoms with Crippen LogP contribution < -0.4 is 0 Å². The summed E-state index contributed by atoms with van der Waals surface area (Å²) in [5.41, 5.74) is -4.35. The van der Waals surface area contributed by atoms with Crippen molar-refractivity contribution in [3.05, 3.63) is 0 Å². The summed E-state index contributed by atoms with van der Waals surface area (Å²) in [5.74, 6) is 0. The van der Waals surface area contributed by atoms with Crippen molar-refractivity contribution in [1.82, 2.24) is 0 Å². The van der Waals surface area contributed by atoms with Gasteiger partial charge in [-0.1, -0.05) is 4.39 Å². The number of hydrogen-bond acceptors (Lipinski definition) is 3. The molecule has 0 saturated carbocycles. The van der Waals surface area contributed by atoms with E-state index < -0.39 is 21.8 Å². The van der Waals surface area contributed by atoms with Gasteiger partial charge >= 0.3 is 51.4 Å². The Kier molecular flexibility index (Phi) is 5.90. The molecule has 0 aliphatic carbocycles. The fraction of sp³-hybridized carbons (Fsp3) is 1.00. The summed E-state index contributed by atoms with van der Waals surface area (Å²) in [6.07, 6.45) is -5.68. The maximum absolute atomic E-state index is 11.6. The van der Waals surface area contributed by atoms with Crippen LogP contribution in [0.2, 0.25) is 0 Å². The van der Waals surface area contributed by atoms with E-state index in [0.717, 1.165) is 0 Å². The quantitative estimate of drug-likeness (QED) is 0.504. The third kappa shape index (κ3) is 3.99. The molecule has 0 aliphatic rings. The Bertz CT molecular complexity index is 221. The standard InChI is InChI=1S/C2HF5O3S.Na.H/c3-1(2(4,5)6)11(8,9)10-7;;/h1H;;. The topological polar surface area (TPSA) is 43.4 Å². The SMILES string of the molecule is O=S(=O)(OF)C(F)C(F)(F)F.[NaH]. The van der Waals surface area contributed by atoms with Crippen molar-refractivity contribution >= 4 is 39.7 Å². The molecule has 0 fully saturated rings. The Hall–Kier alpha value is 0.560. The molecule has 70 valence electrons. The van der Waals surface area contributed by atoms with Gasteiger partial charge in [0.25, 0.3) is 0 Å². The second-order valence-corrected chi connectivity index (χ2v) is 2.94. The normalized spacial score (nSPS) is 15.1. The maximum atomic E-state index is 11.6. The molecular weight excluding hydrogens is 222 g/mol. The van der Waals surface area contributed by atoms with Crippen molar-refractivity contribution in [3.63, 3.8) is 0 Å². The fourth-order valence-electron chi connectivity index (χ4n) is 0.196. The van der Waals surface area contributed by atoms with Gasteiger partial charge in [-0.25, -0.2) is 4.39 Å². The van der Waals surface area contributed by atoms with Crippen LogP contribution >= 0.6 is 0 Å². The van der Waals surface area contributed by atoms with E-state index in [2.05, 4.69) is 0 Å². The van der Waals surface area contributed by atoms with Gasteiger partial charge in [0.2, 0.25) is 0 Å². The molecule has 10 heteroatoms. The first-order valence-corrected chi connectivity index (χ1v) is 3.44. The number of hydrogen-bond donors (Lipinski definition) is 0. The van der Waals surface area contributed by atoms with Crippen molar-refractivity contribution in [2.24, 2.45) is 0 Å². The van der Waals surface area contributed by atoms with Gasteiger partial charge in [-0.3, -0.25) is 0 Å². The third-order valence-corrected chi connectivity index (χ3v) is 1.55. The van der Waals surface area contributed by atoms with Crippen LogP contribution in [0, 0.1) is 0 Å². The molecule has 0 amide bonds. The van der Waals surface area contributed by atoms with E-state index in [1.54, 1.807) is 4.39 Å². The first kappa shape index (κ1) is 15.1. The van der Waals surface area contributed by atoms with Gasteiger partial charge in [0.1, 0.15) is 0 Å². The molecule has 0 heterocycles. The fourth-order valence-corrected chi connectivity index (χ4v) is 0.587. The van der Waals surface area contributed by atoms with Gasteiger partial charge in [-0.05, 0) is 4.53 Å². The summed E-state index contributed by atoms with van der Waals surface area (Å²) in [6, 6.07) is 0. The van der Waals surface area contributed by atoms with Gasteiger partial charge in [0, 0.05) is 0 Å². The monoisotopic (exact) mass is 224 g/mol. The Morgan fingerprint density at radius 2 is 1.58 bits per heavy atom. The number of halogens is 5. The van der Waals surface area contributed by atoms with E-state index >= 15 is 0 Å². The van der Waals surface area contributed by atoms with Crippen LogP contribution in [0.3, 0.4) is 0 Å².